The van der Waals surface area contributed by atoms with Crippen LogP contribution in [-0.2, 0) is 0 Å². The second-order valence-corrected chi connectivity index (χ2v) is 5.81. The van der Waals surface area contributed by atoms with E-state index in [-0.39, 0.29) is 6.03 Å². The molecule has 2 amide bonds. The van der Waals surface area contributed by atoms with E-state index >= 15 is 0 Å². The molecule has 1 fully saturated rings. The van der Waals surface area contributed by atoms with Gasteiger partial charge in [-0.1, -0.05) is 42.8 Å². The zero-order chi connectivity index (χ0) is 15.2. The fraction of sp³-hybridized carbons (Fsp3) is 0.389. The third-order valence-electron chi connectivity index (χ3n) is 4.20. The Bertz CT molecular complexity index is 630. The van der Waals surface area contributed by atoms with Crippen LogP contribution in [-0.4, -0.2) is 37.1 Å². The van der Waals surface area contributed by atoms with Gasteiger partial charge in [0.05, 0.1) is 5.69 Å². The predicted octanol–water partition coefficient (Wildman–Crippen LogP) is 3.45. The predicted molar refractivity (Wildman–Crippen MR) is 91.3 cm³/mol. The molecule has 0 aromatic heterocycles. The Balaban J connectivity index is 1.52. The van der Waals surface area contributed by atoms with Crippen LogP contribution in [0.5, 0.6) is 0 Å². The molecule has 2 aromatic rings. The molecule has 1 saturated heterocycles. The van der Waals surface area contributed by atoms with Gasteiger partial charge in [0.1, 0.15) is 0 Å². The highest BCUT2D eigenvalue weighted by Gasteiger charge is 2.10. The molecule has 2 aromatic carbocycles. The molecule has 1 aliphatic rings. The van der Waals surface area contributed by atoms with Crippen molar-refractivity contribution < 1.29 is 4.79 Å². The summed E-state index contributed by atoms with van der Waals surface area (Å²) in [6.07, 6.45) is 3.90. The van der Waals surface area contributed by atoms with Crippen molar-refractivity contribution >= 4 is 22.5 Å². The SMILES string of the molecule is O=C(NCCN1CCCCC1)Nc1cccc2ccccc12. The maximum Gasteiger partial charge on any atom is 0.319 e. The van der Waals surface area contributed by atoms with Gasteiger partial charge in [0.2, 0.25) is 0 Å². The highest BCUT2D eigenvalue weighted by atomic mass is 16.2. The molecule has 1 aliphatic heterocycles. The zero-order valence-corrected chi connectivity index (χ0v) is 12.8. The average Bonchev–Trinajstić information content (AvgIpc) is 2.56. The van der Waals surface area contributed by atoms with Crippen molar-refractivity contribution in [1.82, 2.24) is 10.2 Å². The summed E-state index contributed by atoms with van der Waals surface area (Å²) in [4.78, 5) is 14.5. The lowest BCUT2D eigenvalue weighted by molar-refractivity contribution is 0.224. The van der Waals surface area contributed by atoms with Crippen LogP contribution in [0.1, 0.15) is 19.3 Å². The Labute approximate surface area is 131 Å². The lowest BCUT2D eigenvalue weighted by Crippen LogP contribution is -2.39. The third kappa shape index (κ3) is 3.77. The number of carbonyl (C=O) groups is 1. The fourth-order valence-electron chi connectivity index (χ4n) is 3.01. The molecule has 116 valence electrons. The number of hydrogen-bond acceptors (Lipinski definition) is 2. The fourth-order valence-corrected chi connectivity index (χ4v) is 3.01. The van der Waals surface area contributed by atoms with Crippen LogP contribution >= 0.6 is 0 Å². The van der Waals surface area contributed by atoms with Crippen LogP contribution in [0.25, 0.3) is 10.8 Å². The van der Waals surface area contributed by atoms with Crippen molar-refractivity contribution in [1.29, 1.82) is 0 Å². The quantitative estimate of drug-likeness (QED) is 0.908. The number of hydrogen-bond donors (Lipinski definition) is 2. The van der Waals surface area contributed by atoms with Crippen molar-refractivity contribution in [2.75, 3.05) is 31.5 Å². The van der Waals surface area contributed by atoms with E-state index in [9.17, 15) is 4.79 Å². The van der Waals surface area contributed by atoms with Gasteiger partial charge in [0, 0.05) is 18.5 Å². The van der Waals surface area contributed by atoms with Crippen molar-refractivity contribution in [3.05, 3.63) is 42.5 Å². The minimum atomic E-state index is -0.131. The van der Waals surface area contributed by atoms with Gasteiger partial charge < -0.3 is 15.5 Å². The molecular formula is C18H23N3O. The molecule has 0 spiro atoms. The summed E-state index contributed by atoms with van der Waals surface area (Å²) in [5.74, 6) is 0. The minimum Gasteiger partial charge on any atom is -0.337 e. The Morgan fingerprint density at radius 3 is 2.64 bits per heavy atom. The van der Waals surface area contributed by atoms with E-state index in [4.69, 9.17) is 0 Å². The molecule has 0 radical (unpaired) electrons. The smallest absolute Gasteiger partial charge is 0.319 e. The molecular weight excluding hydrogens is 274 g/mol. The van der Waals surface area contributed by atoms with Crippen LogP contribution in [0.2, 0.25) is 0 Å². The molecule has 1 heterocycles. The number of likely N-dealkylation sites (tertiary alicyclic amines) is 1. The van der Waals surface area contributed by atoms with Gasteiger partial charge in [-0.05, 0) is 37.4 Å². The van der Waals surface area contributed by atoms with Crippen LogP contribution in [0.4, 0.5) is 10.5 Å². The van der Waals surface area contributed by atoms with Gasteiger partial charge in [0.15, 0.2) is 0 Å². The summed E-state index contributed by atoms with van der Waals surface area (Å²) in [6, 6.07) is 13.9. The number of nitrogens with zero attached hydrogens (tertiary/aromatic N) is 1. The summed E-state index contributed by atoms with van der Waals surface area (Å²) in [7, 11) is 0. The highest BCUT2D eigenvalue weighted by Crippen LogP contribution is 2.22. The normalized spacial score (nSPS) is 15.6. The molecule has 2 N–H and O–H groups in total. The Morgan fingerprint density at radius 1 is 1.00 bits per heavy atom. The first-order valence-corrected chi connectivity index (χ1v) is 8.08. The second-order valence-electron chi connectivity index (χ2n) is 5.81. The maximum absolute atomic E-state index is 12.1. The van der Waals surface area contributed by atoms with Crippen LogP contribution in [0, 0.1) is 0 Å². The number of nitrogens with one attached hydrogen (secondary N) is 2. The van der Waals surface area contributed by atoms with Gasteiger partial charge in [-0.3, -0.25) is 0 Å². The molecule has 0 aliphatic carbocycles. The average molecular weight is 297 g/mol. The number of amides is 2. The molecule has 0 saturated carbocycles. The molecule has 3 rings (SSSR count). The van der Waals surface area contributed by atoms with Crippen molar-refractivity contribution in [2.45, 2.75) is 19.3 Å². The topological polar surface area (TPSA) is 44.4 Å². The number of rotatable bonds is 4. The Hall–Kier alpha value is -2.07. The number of benzene rings is 2. The van der Waals surface area contributed by atoms with Gasteiger partial charge in [-0.25, -0.2) is 4.79 Å². The summed E-state index contributed by atoms with van der Waals surface area (Å²) in [5, 5.41) is 8.10. The van der Waals surface area contributed by atoms with E-state index in [1.807, 2.05) is 30.3 Å². The summed E-state index contributed by atoms with van der Waals surface area (Å²) < 4.78 is 0. The molecule has 0 bridgehead atoms. The van der Waals surface area contributed by atoms with Crippen molar-refractivity contribution in [3.8, 4) is 0 Å². The van der Waals surface area contributed by atoms with Crippen LogP contribution in [0.3, 0.4) is 0 Å². The first-order valence-electron chi connectivity index (χ1n) is 8.08. The summed E-state index contributed by atoms with van der Waals surface area (Å²) >= 11 is 0. The van der Waals surface area contributed by atoms with E-state index in [2.05, 4.69) is 27.7 Å². The van der Waals surface area contributed by atoms with Crippen LogP contribution < -0.4 is 10.6 Å². The summed E-state index contributed by atoms with van der Waals surface area (Å²) in [5.41, 5.74) is 0.855. The van der Waals surface area contributed by atoms with Crippen molar-refractivity contribution in [3.63, 3.8) is 0 Å². The van der Waals surface area contributed by atoms with E-state index in [1.54, 1.807) is 0 Å². The van der Waals surface area contributed by atoms with Gasteiger partial charge in [0.25, 0.3) is 0 Å². The zero-order valence-electron chi connectivity index (χ0n) is 12.8. The number of carbonyl (C=O) groups excluding carboxylic acids is 1. The molecule has 22 heavy (non-hydrogen) atoms. The lowest BCUT2D eigenvalue weighted by Gasteiger charge is -2.26. The first kappa shape index (κ1) is 14.9. The lowest BCUT2D eigenvalue weighted by atomic mass is 10.1. The standard InChI is InChI=1S/C18H23N3O/c22-18(19-11-14-21-12-4-1-5-13-21)20-17-10-6-8-15-7-2-3-9-16(15)17/h2-3,6-10H,1,4-5,11-14H2,(H2,19,20,22). The number of fused-ring (bicyclic) bond motifs is 1. The number of urea groups is 1. The minimum absolute atomic E-state index is 0.131. The summed E-state index contributed by atoms with van der Waals surface area (Å²) in [6.45, 7) is 3.94. The van der Waals surface area contributed by atoms with Crippen molar-refractivity contribution in [2.24, 2.45) is 0 Å². The third-order valence-corrected chi connectivity index (χ3v) is 4.20. The van der Waals surface area contributed by atoms with E-state index in [0.717, 1.165) is 36.1 Å². The van der Waals surface area contributed by atoms with Gasteiger partial charge in [-0.2, -0.15) is 0 Å². The Kier molecular flexibility index (Phi) is 4.91. The largest absolute Gasteiger partial charge is 0.337 e. The van der Waals surface area contributed by atoms with Crippen LogP contribution in [0.15, 0.2) is 42.5 Å². The maximum atomic E-state index is 12.1. The number of anilines is 1. The molecule has 4 nitrogen and oxygen atoms in total. The number of piperidine rings is 1. The van der Waals surface area contributed by atoms with Gasteiger partial charge in [-0.15, -0.1) is 0 Å². The van der Waals surface area contributed by atoms with Gasteiger partial charge >= 0.3 is 6.03 Å². The molecule has 0 atom stereocenters. The first-order chi connectivity index (χ1) is 10.8. The monoisotopic (exact) mass is 297 g/mol. The van der Waals surface area contributed by atoms with E-state index in [1.165, 1.54) is 19.3 Å². The van der Waals surface area contributed by atoms with E-state index in [0.29, 0.717) is 6.54 Å². The van der Waals surface area contributed by atoms with E-state index < -0.39 is 0 Å². The highest BCUT2D eigenvalue weighted by molar-refractivity contribution is 6.01. The molecule has 4 heteroatoms. The Morgan fingerprint density at radius 2 is 1.77 bits per heavy atom. The molecule has 0 unspecified atom stereocenters. The second kappa shape index (κ2) is 7.27.